The molecule has 1 fully saturated rings. The van der Waals surface area contributed by atoms with Crippen LogP contribution in [-0.4, -0.2) is 41.9 Å². The molecule has 0 bridgehead atoms. The maximum atomic E-state index is 12.8. The Morgan fingerprint density at radius 3 is 2.22 bits per heavy atom. The molecule has 0 saturated carbocycles. The van der Waals surface area contributed by atoms with Gasteiger partial charge in [-0.2, -0.15) is 4.31 Å². The number of benzene rings is 2. The number of nitrogens with zero attached hydrogens (tertiary/aromatic N) is 3. The van der Waals surface area contributed by atoms with Crippen molar-refractivity contribution in [2.24, 2.45) is 5.92 Å². The summed E-state index contributed by atoms with van der Waals surface area (Å²) >= 11 is 0. The van der Waals surface area contributed by atoms with Crippen molar-refractivity contribution in [2.75, 3.05) is 18.4 Å². The van der Waals surface area contributed by atoms with Crippen molar-refractivity contribution in [3.05, 3.63) is 59.2 Å². The highest BCUT2D eigenvalue weighted by Crippen LogP contribution is 2.26. The highest BCUT2D eigenvalue weighted by molar-refractivity contribution is 7.89. The lowest BCUT2D eigenvalue weighted by Crippen LogP contribution is -2.41. The van der Waals surface area contributed by atoms with Gasteiger partial charge in [-0.05, 0) is 57.9 Å². The maximum Gasteiger partial charge on any atom is 0.322 e. The van der Waals surface area contributed by atoms with Gasteiger partial charge in [-0.15, -0.1) is 5.10 Å². The van der Waals surface area contributed by atoms with E-state index in [0.717, 1.165) is 22.3 Å². The number of rotatable bonds is 5. The number of sulfonamides is 1. The summed E-state index contributed by atoms with van der Waals surface area (Å²) in [5.41, 5.74) is 3.96. The summed E-state index contributed by atoms with van der Waals surface area (Å²) in [5, 5.41) is 10.6. The van der Waals surface area contributed by atoms with Crippen LogP contribution in [0.5, 0.6) is 0 Å². The van der Waals surface area contributed by atoms with Crippen molar-refractivity contribution in [2.45, 2.75) is 38.5 Å². The lowest BCUT2D eigenvalue weighted by molar-refractivity contribution is -0.121. The molecule has 0 atom stereocenters. The van der Waals surface area contributed by atoms with Crippen molar-refractivity contribution >= 4 is 21.9 Å². The van der Waals surface area contributed by atoms with E-state index in [2.05, 4.69) is 15.5 Å². The normalized spacial score (nSPS) is 15.6. The highest BCUT2D eigenvalue weighted by Gasteiger charge is 2.32. The summed E-state index contributed by atoms with van der Waals surface area (Å²) in [6, 6.07) is 12.8. The molecule has 0 spiro atoms. The van der Waals surface area contributed by atoms with Gasteiger partial charge in [-0.25, -0.2) is 8.42 Å². The third kappa shape index (κ3) is 4.73. The molecule has 1 amide bonds. The van der Waals surface area contributed by atoms with Crippen molar-refractivity contribution in [3.8, 4) is 11.5 Å². The number of aryl methyl sites for hydroxylation is 3. The van der Waals surface area contributed by atoms with Gasteiger partial charge >= 0.3 is 6.01 Å². The topological polar surface area (TPSA) is 105 Å². The Morgan fingerprint density at radius 2 is 1.59 bits per heavy atom. The molecule has 0 radical (unpaired) electrons. The van der Waals surface area contributed by atoms with E-state index >= 15 is 0 Å². The zero-order chi connectivity index (χ0) is 22.9. The Kier molecular flexibility index (Phi) is 6.12. The van der Waals surface area contributed by atoms with Crippen molar-refractivity contribution in [1.82, 2.24) is 14.5 Å². The van der Waals surface area contributed by atoms with Crippen LogP contribution in [-0.2, 0) is 14.8 Å². The van der Waals surface area contributed by atoms with E-state index in [1.807, 2.05) is 39.0 Å². The van der Waals surface area contributed by atoms with Gasteiger partial charge in [0.2, 0.25) is 21.8 Å². The zero-order valence-corrected chi connectivity index (χ0v) is 19.1. The molecule has 8 nitrogen and oxygen atoms in total. The predicted molar refractivity (Wildman–Crippen MR) is 120 cm³/mol. The Morgan fingerprint density at radius 1 is 0.969 bits per heavy atom. The Hall–Kier alpha value is -3.04. The molecule has 2 aromatic carbocycles. The van der Waals surface area contributed by atoms with E-state index in [1.54, 1.807) is 24.3 Å². The van der Waals surface area contributed by atoms with Gasteiger partial charge in [-0.3, -0.25) is 10.1 Å². The number of hydrogen-bond acceptors (Lipinski definition) is 6. The highest BCUT2D eigenvalue weighted by atomic mass is 32.2. The van der Waals surface area contributed by atoms with Crippen LogP contribution in [0.3, 0.4) is 0 Å². The fourth-order valence-corrected chi connectivity index (χ4v) is 5.38. The van der Waals surface area contributed by atoms with Crippen LogP contribution in [0, 0.1) is 26.7 Å². The predicted octanol–water partition coefficient (Wildman–Crippen LogP) is 3.70. The van der Waals surface area contributed by atoms with Gasteiger partial charge in [0.25, 0.3) is 0 Å². The molecule has 1 N–H and O–H groups in total. The van der Waals surface area contributed by atoms with Crippen LogP contribution in [0.1, 0.15) is 29.5 Å². The van der Waals surface area contributed by atoms with Crippen molar-refractivity contribution < 1.29 is 17.6 Å². The molecule has 9 heteroatoms. The quantitative estimate of drug-likeness (QED) is 0.630. The third-order valence-corrected chi connectivity index (χ3v) is 7.52. The molecular weight excluding hydrogens is 428 g/mol. The zero-order valence-electron chi connectivity index (χ0n) is 18.3. The monoisotopic (exact) mass is 454 g/mol. The van der Waals surface area contributed by atoms with Gasteiger partial charge in [0, 0.05) is 24.6 Å². The number of hydrogen-bond donors (Lipinski definition) is 1. The molecule has 0 unspecified atom stereocenters. The van der Waals surface area contributed by atoms with Crippen LogP contribution in [0.4, 0.5) is 6.01 Å². The Bertz CT molecular complexity index is 1210. The number of carbonyl (C=O) groups excluding carboxylic acids is 1. The van der Waals surface area contributed by atoms with Gasteiger partial charge in [0.1, 0.15) is 0 Å². The summed E-state index contributed by atoms with van der Waals surface area (Å²) in [6.07, 6.45) is 0.851. The number of amides is 1. The molecule has 1 saturated heterocycles. The lowest BCUT2D eigenvalue weighted by atomic mass is 9.97. The van der Waals surface area contributed by atoms with Crippen LogP contribution < -0.4 is 5.32 Å². The summed E-state index contributed by atoms with van der Waals surface area (Å²) in [4.78, 5) is 13.0. The Labute approximate surface area is 187 Å². The van der Waals surface area contributed by atoms with Gasteiger partial charge in [0.15, 0.2) is 0 Å². The molecule has 4 rings (SSSR count). The third-order valence-electron chi connectivity index (χ3n) is 5.61. The van der Waals surface area contributed by atoms with Gasteiger partial charge in [0.05, 0.1) is 4.90 Å². The maximum absolute atomic E-state index is 12.8. The standard InChI is InChI=1S/C23H26N4O4S/c1-15-4-6-20(7-5-15)32(29,30)27-10-8-18(9-11-27)21(28)24-23-26-25-22(31-23)19-13-16(2)12-17(3)14-19/h4-7,12-14,18H,8-11H2,1-3H3,(H,24,26,28). The smallest absolute Gasteiger partial charge is 0.322 e. The molecule has 3 aromatic rings. The van der Waals surface area contributed by atoms with Crippen LogP contribution in [0.25, 0.3) is 11.5 Å². The number of nitrogens with one attached hydrogen (secondary N) is 1. The average Bonchev–Trinajstić information content (AvgIpc) is 3.22. The molecular formula is C23H26N4O4S. The van der Waals surface area contributed by atoms with E-state index in [4.69, 9.17) is 4.42 Å². The minimum atomic E-state index is -3.56. The van der Waals surface area contributed by atoms with E-state index in [0.29, 0.717) is 18.7 Å². The SMILES string of the molecule is Cc1ccc(S(=O)(=O)N2CCC(C(=O)Nc3nnc(-c4cc(C)cc(C)c4)o3)CC2)cc1. The number of carbonyl (C=O) groups is 1. The first-order chi connectivity index (χ1) is 15.2. The van der Waals surface area contributed by atoms with Crippen LogP contribution in [0.2, 0.25) is 0 Å². The lowest BCUT2D eigenvalue weighted by Gasteiger charge is -2.30. The summed E-state index contributed by atoms with van der Waals surface area (Å²) in [5.74, 6) is -0.227. The van der Waals surface area contributed by atoms with Crippen LogP contribution >= 0.6 is 0 Å². The fraction of sp³-hybridized carbons (Fsp3) is 0.348. The second-order valence-electron chi connectivity index (χ2n) is 8.27. The average molecular weight is 455 g/mol. The van der Waals surface area contributed by atoms with E-state index < -0.39 is 10.0 Å². The first-order valence-corrected chi connectivity index (χ1v) is 12.0. The molecule has 1 aliphatic heterocycles. The minimum absolute atomic E-state index is 0.0406. The summed E-state index contributed by atoms with van der Waals surface area (Å²) in [7, 11) is -3.56. The van der Waals surface area contributed by atoms with Crippen LogP contribution in [0.15, 0.2) is 51.8 Å². The second-order valence-corrected chi connectivity index (χ2v) is 10.2. The number of anilines is 1. The van der Waals surface area contributed by atoms with E-state index in [9.17, 15) is 13.2 Å². The van der Waals surface area contributed by atoms with E-state index in [-0.39, 0.29) is 35.8 Å². The van der Waals surface area contributed by atoms with Crippen molar-refractivity contribution in [1.29, 1.82) is 0 Å². The molecule has 168 valence electrons. The molecule has 1 aromatic heterocycles. The van der Waals surface area contributed by atoms with E-state index in [1.165, 1.54) is 4.31 Å². The molecule has 32 heavy (non-hydrogen) atoms. The fourth-order valence-electron chi connectivity index (χ4n) is 3.91. The summed E-state index contributed by atoms with van der Waals surface area (Å²) < 4.78 is 32.7. The summed E-state index contributed by atoms with van der Waals surface area (Å²) in [6.45, 7) is 6.45. The number of piperidine rings is 1. The first-order valence-electron chi connectivity index (χ1n) is 10.5. The largest absolute Gasteiger partial charge is 0.403 e. The first kappa shape index (κ1) is 22.2. The molecule has 2 heterocycles. The Balaban J connectivity index is 1.37. The minimum Gasteiger partial charge on any atom is -0.403 e. The number of aromatic nitrogens is 2. The molecule has 1 aliphatic rings. The van der Waals surface area contributed by atoms with Crippen molar-refractivity contribution in [3.63, 3.8) is 0 Å². The second kappa shape index (κ2) is 8.84. The molecule has 0 aliphatic carbocycles. The van der Waals surface area contributed by atoms with Gasteiger partial charge in [-0.1, -0.05) is 40.0 Å². The van der Waals surface area contributed by atoms with Gasteiger partial charge < -0.3 is 4.42 Å².